The lowest BCUT2D eigenvalue weighted by Crippen LogP contribution is -2.35. The van der Waals surface area contributed by atoms with E-state index in [9.17, 15) is 4.79 Å². The Morgan fingerprint density at radius 2 is 2.00 bits per heavy atom. The zero-order valence-electron chi connectivity index (χ0n) is 15.5. The van der Waals surface area contributed by atoms with Gasteiger partial charge in [0.25, 0.3) is 0 Å². The van der Waals surface area contributed by atoms with E-state index >= 15 is 0 Å². The highest BCUT2D eigenvalue weighted by molar-refractivity contribution is 6.29. The lowest BCUT2D eigenvalue weighted by Gasteiger charge is -2.36. The molecule has 2 heterocycles. The van der Waals surface area contributed by atoms with Crippen molar-refractivity contribution in [3.8, 4) is 0 Å². The summed E-state index contributed by atoms with van der Waals surface area (Å²) in [4.78, 5) is 14.5. The number of esters is 1. The highest BCUT2D eigenvalue weighted by Gasteiger charge is 2.32. The molecule has 1 aromatic heterocycles. The normalized spacial score (nSPS) is 20.4. The van der Waals surface area contributed by atoms with Crippen LogP contribution in [0.15, 0.2) is 30.3 Å². The number of likely N-dealkylation sites (tertiary alicyclic amines) is 1. The minimum atomic E-state index is -0.228. The summed E-state index contributed by atoms with van der Waals surface area (Å²) >= 11 is 5.85. The summed E-state index contributed by atoms with van der Waals surface area (Å²) in [6.07, 6.45) is 4.31. The van der Waals surface area contributed by atoms with E-state index in [1.54, 1.807) is 0 Å². The Balaban J connectivity index is 1.42. The van der Waals surface area contributed by atoms with Gasteiger partial charge in [0, 0.05) is 12.0 Å². The standard InChI is InChI=1S/C21H24ClN3O2/c1-2-27-21(26)16-3-5-17-15(13-16)4-7-19(17)25-11-9-14(10-12-25)18-6-8-20(22)24-23-18/h3,5-6,8,13-14,19H,2,4,7,9-12H2,1H3. The second kappa shape index (κ2) is 7.95. The number of fused-ring (bicyclic) bond motifs is 1. The van der Waals surface area contributed by atoms with Crippen LogP contribution in [0.2, 0.25) is 5.15 Å². The molecule has 5 nitrogen and oxygen atoms in total. The predicted octanol–water partition coefficient (Wildman–Crippen LogP) is 4.17. The molecule has 0 N–H and O–H groups in total. The first-order chi connectivity index (χ1) is 13.2. The van der Waals surface area contributed by atoms with Gasteiger partial charge in [0.15, 0.2) is 5.15 Å². The van der Waals surface area contributed by atoms with E-state index in [2.05, 4.69) is 21.2 Å². The number of nitrogens with zero attached hydrogens (tertiary/aromatic N) is 3. The van der Waals surface area contributed by atoms with E-state index in [1.807, 2.05) is 31.2 Å². The Morgan fingerprint density at radius 3 is 2.70 bits per heavy atom. The first-order valence-electron chi connectivity index (χ1n) is 9.69. The van der Waals surface area contributed by atoms with Gasteiger partial charge in [-0.1, -0.05) is 17.7 Å². The van der Waals surface area contributed by atoms with E-state index in [-0.39, 0.29) is 5.97 Å². The van der Waals surface area contributed by atoms with Gasteiger partial charge in [-0.05, 0) is 81.1 Å². The summed E-state index contributed by atoms with van der Waals surface area (Å²) in [5, 5.41) is 8.68. The monoisotopic (exact) mass is 385 g/mol. The van der Waals surface area contributed by atoms with Gasteiger partial charge in [-0.2, -0.15) is 5.10 Å². The van der Waals surface area contributed by atoms with Crippen LogP contribution < -0.4 is 0 Å². The van der Waals surface area contributed by atoms with Gasteiger partial charge in [0.05, 0.1) is 17.9 Å². The van der Waals surface area contributed by atoms with Crippen LogP contribution in [0, 0.1) is 0 Å². The van der Waals surface area contributed by atoms with Gasteiger partial charge >= 0.3 is 5.97 Å². The highest BCUT2D eigenvalue weighted by atomic mass is 35.5. The molecule has 4 rings (SSSR count). The number of piperidine rings is 1. The minimum Gasteiger partial charge on any atom is -0.462 e. The van der Waals surface area contributed by atoms with Gasteiger partial charge in [-0.15, -0.1) is 5.10 Å². The molecule has 0 saturated carbocycles. The van der Waals surface area contributed by atoms with Crippen LogP contribution >= 0.6 is 11.6 Å². The Labute approximate surface area is 164 Å². The Hall–Kier alpha value is -1.98. The first-order valence-corrected chi connectivity index (χ1v) is 10.1. The number of halogens is 1. The van der Waals surface area contributed by atoms with Crippen LogP contribution in [0.3, 0.4) is 0 Å². The van der Waals surface area contributed by atoms with Crippen LogP contribution in [-0.4, -0.2) is 40.8 Å². The quantitative estimate of drug-likeness (QED) is 0.739. The van der Waals surface area contributed by atoms with Crippen LogP contribution in [-0.2, 0) is 11.2 Å². The Bertz CT molecular complexity index is 817. The van der Waals surface area contributed by atoms with Gasteiger partial charge in [-0.25, -0.2) is 4.79 Å². The smallest absolute Gasteiger partial charge is 0.338 e. The minimum absolute atomic E-state index is 0.228. The molecule has 0 bridgehead atoms. The van der Waals surface area contributed by atoms with Crippen molar-refractivity contribution < 1.29 is 9.53 Å². The summed E-state index contributed by atoms with van der Waals surface area (Å²) in [6, 6.07) is 10.3. The summed E-state index contributed by atoms with van der Waals surface area (Å²) < 4.78 is 5.12. The number of hydrogen-bond donors (Lipinski definition) is 0. The van der Waals surface area contributed by atoms with E-state index in [1.165, 1.54) is 11.1 Å². The average Bonchev–Trinajstić information content (AvgIpc) is 3.12. The molecule has 6 heteroatoms. The van der Waals surface area contributed by atoms with Gasteiger partial charge in [0.1, 0.15) is 0 Å². The average molecular weight is 386 g/mol. The zero-order chi connectivity index (χ0) is 18.8. The summed E-state index contributed by atoms with van der Waals surface area (Å²) in [6.45, 7) is 4.35. The van der Waals surface area contributed by atoms with E-state index in [0.717, 1.165) is 44.5 Å². The number of ether oxygens (including phenoxy) is 1. The molecule has 1 aliphatic carbocycles. The predicted molar refractivity (Wildman–Crippen MR) is 104 cm³/mol. The second-order valence-corrected chi connectivity index (χ2v) is 7.67. The van der Waals surface area contributed by atoms with Crippen LogP contribution in [0.5, 0.6) is 0 Å². The van der Waals surface area contributed by atoms with Crippen LogP contribution in [0.25, 0.3) is 0 Å². The summed E-state index contributed by atoms with van der Waals surface area (Å²) in [5.41, 5.74) is 4.37. The van der Waals surface area contributed by atoms with E-state index < -0.39 is 0 Å². The molecule has 142 valence electrons. The third-order valence-electron chi connectivity index (χ3n) is 5.74. The second-order valence-electron chi connectivity index (χ2n) is 7.28. The molecule has 1 fully saturated rings. The largest absolute Gasteiger partial charge is 0.462 e. The SMILES string of the molecule is CCOC(=O)c1ccc2c(c1)CCC2N1CCC(c2ccc(Cl)nn2)CC1. The summed E-state index contributed by atoms with van der Waals surface area (Å²) in [5.74, 6) is 0.228. The molecule has 1 saturated heterocycles. The van der Waals surface area contributed by atoms with Gasteiger partial charge in [-0.3, -0.25) is 4.90 Å². The van der Waals surface area contributed by atoms with E-state index in [4.69, 9.17) is 16.3 Å². The number of aromatic nitrogens is 2. The summed E-state index contributed by atoms with van der Waals surface area (Å²) in [7, 11) is 0. The van der Waals surface area contributed by atoms with Crippen LogP contribution in [0.1, 0.15) is 65.3 Å². The van der Waals surface area contributed by atoms with Crippen molar-refractivity contribution in [2.24, 2.45) is 0 Å². The molecule has 1 unspecified atom stereocenters. The number of carbonyl (C=O) groups excluding carboxylic acids is 1. The molecule has 2 aliphatic rings. The number of aryl methyl sites for hydroxylation is 1. The van der Waals surface area contributed by atoms with Crippen molar-refractivity contribution >= 4 is 17.6 Å². The van der Waals surface area contributed by atoms with Crippen molar-refractivity contribution in [1.29, 1.82) is 0 Å². The molecule has 2 aromatic rings. The fraction of sp³-hybridized carbons (Fsp3) is 0.476. The third-order valence-corrected chi connectivity index (χ3v) is 5.94. The lowest BCUT2D eigenvalue weighted by molar-refractivity contribution is 0.0526. The fourth-order valence-electron chi connectivity index (χ4n) is 4.37. The molecular formula is C21H24ClN3O2. The van der Waals surface area contributed by atoms with Crippen molar-refractivity contribution in [3.05, 3.63) is 57.9 Å². The van der Waals surface area contributed by atoms with Crippen molar-refractivity contribution in [3.63, 3.8) is 0 Å². The van der Waals surface area contributed by atoms with Crippen molar-refractivity contribution in [2.75, 3.05) is 19.7 Å². The Kier molecular flexibility index (Phi) is 5.41. The maximum Gasteiger partial charge on any atom is 0.338 e. The molecular weight excluding hydrogens is 362 g/mol. The van der Waals surface area contributed by atoms with Crippen molar-refractivity contribution in [1.82, 2.24) is 15.1 Å². The van der Waals surface area contributed by atoms with Gasteiger partial charge in [0.2, 0.25) is 0 Å². The number of rotatable bonds is 4. The Morgan fingerprint density at radius 1 is 1.19 bits per heavy atom. The maximum absolute atomic E-state index is 12.0. The molecule has 0 radical (unpaired) electrons. The number of hydrogen-bond acceptors (Lipinski definition) is 5. The number of benzene rings is 1. The first kappa shape index (κ1) is 18.4. The fourth-order valence-corrected chi connectivity index (χ4v) is 4.47. The lowest BCUT2D eigenvalue weighted by atomic mass is 9.91. The zero-order valence-corrected chi connectivity index (χ0v) is 16.3. The molecule has 0 amide bonds. The molecule has 27 heavy (non-hydrogen) atoms. The molecule has 1 atom stereocenters. The number of carbonyl (C=O) groups is 1. The topological polar surface area (TPSA) is 55.3 Å². The highest BCUT2D eigenvalue weighted by Crippen LogP contribution is 2.39. The third kappa shape index (κ3) is 3.85. The van der Waals surface area contributed by atoms with Crippen LogP contribution in [0.4, 0.5) is 0 Å². The molecule has 1 aromatic carbocycles. The molecule has 0 spiro atoms. The maximum atomic E-state index is 12.0. The van der Waals surface area contributed by atoms with Crippen molar-refractivity contribution in [2.45, 2.75) is 44.6 Å². The van der Waals surface area contributed by atoms with E-state index in [0.29, 0.717) is 29.3 Å². The van der Waals surface area contributed by atoms with Gasteiger partial charge < -0.3 is 4.74 Å². The molecule has 1 aliphatic heterocycles.